The van der Waals surface area contributed by atoms with Crippen molar-refractivity contribution in [3.8, 4) is 5.88 Å². The van der Waals surface area contributed by atoms with Gasteiger partial charge in [0, 0.05) is 30.7 Å². The third-order valence-electron chi connectivity index (χ3n) is 21.2. The zero-order valence-electron chi connectivity index (χ0n) is 39.9. The Labute approximate surface area is 376 Å². The molecule has 1 aromatic heterocycles. The molecule has 8 heteroatoms. The molecule has 6 fully saturated rings. The second-order valence-corrected chi connectivity index (χ2v) is 26.4. The van der Waals surface area contributed by atoms with E-state index in [0.29, 0.717) is 70.8 Å². The van der Waals surface area contributed by atoms with Crippen molar-refractivity contribution in [2.24, 2.45) is 68.0 Å². The highest BCUT2D eigenvalue weighted by Crippen LogP contribution is 2.77. The molecule has 9 rings (SSSR count). The summed E-state index contributed by atoms with van der Waals surface area (Å²) in [6.45, 7) is 24.2. The molecular weight excluding hydrogens is 789 g/mol. The molecule has 1 aromatic rings. The number of hydrogen-bond acceptors (Lipinski definition) is 7. The van der Waals surface area contributed by atoms with Crippen LogP contribution in [0.15, 0.2) is 59.8 Å². The zero-order valence-corrected chi connectivity index (χ0v) is 40.7. The molecule has 2 N–H and O–H groups in total. The van der Waals surface area contributed by atoms with Gasteiger partial charge in [-0.1, -0.05) is 65.0 Å². The molecule has 62 heavy (non-hydrogen) atoms. The van der Waals surface area contributed by atoms with E-state index in [2.05, 4.69) is 70.6 Å². The van der Waals surface area contributed by atoms with Gasteiger partial charge in [-0.05, 0) is 209 Å². The maximum Gasteiger partial charge on any atom is 0.213 e. The minimum atomic E-state index is -2.94. The van der Waals surface area contributed by atoms with Crippen LogP contribution in [0.4, 0.5) is 0 Å². The highest BCUT2D eigenvalue weighted by Gasteiger charge is 2.70. The molecule has 0 bridgehead atoms. The average Bonchev–Trinajstić information content (AvgIpc) is 3.82. The lowest BCUT2D eigenvalue weighted by Gasteiger charge is -2.72. The van der Waals surface area contributed by atoms with Gasteiger partial charge in [-0.15, -0.1) is 0 Å². The van der Waals surface area contributed by atoms with Crippen molar-refractivity contribution in [3.05, 3.63) is 59.8 Å². The van der Waals surface area contributed by atoms with Gasteiger partial charge in [0.25, 0.3) is 0 Å². The topological polar surface area (TPSA) is 97.8 Å². The lowest BCUT2D eigenvalue weighted by atomic mass is 9.33. The maximum atomic E-state index is 12.4. The molecule has 0 radical (unpaired) electrons. The van der Waals surface area contributed by atoms with Gasteiger partial charge in [0.05, 0.1) is 10.7 Å². The first-order valence-corrected chi connectivity index (χ1v) is 27.1. The fourth-order valence-corrected chi connectivity index (χ4v) is 18.6. The van der Waals surface area contributed by atoms with E-state index in [1.165, 1.54) is 81.6 Å². The number of hydrogen-bond donors (Lipinski definition) is 2. The number of sulfone groups is 1. The Morgan fingerprint density at radius 1 is 0.952 bits per heavy atom. The summed E-state index contributed by atoms with van der Waals surface area (Å²) in [5, 5.41) is 15.6. The average molecular weight is 871 g/mol. The van der Waals surface area contributed by atoms with Crippen LogP contribution in [-0.2, 0) is 14.6 Å². The summed E-state index contributed by atoms with van der Waals surface area (Å²) in [5.41, 5.74) is 5.40. The summed E-state index contributed by atoms with van der Waals surface area (Å²) in [6.07, 6.45) is 26.7. The van der Waals surface area contributed by atoms with Crippen molar-refractivity contribution in [3.63, 3.8) is 0 Å². The van der Waals surface area contributed by atoms with Crippen LogP contribution >= 0.6 is 0 Å². The van der Waals surface area contributed by atoms with E-state index < -0.39 is 21.5 Å². The molecule has 344 valence electrons. The van der Waals surface area contributed by atoms with Crippen LogP contribution in [-0.4, -0.2) is 61.6 Å². The highest BCUT2D eigenvalue weighted by molar-refractivity contribution is 7.91. The van der Waals surface area contributed by atoms with E-state index in [9.17, 15) is 13.5 Å². The van der Waals surface area contributed by atoms with E-state index in [1.807, 2.05) is 25.1 Å². The van der Waals surface area contributed by atoms with Gasteiger partial charge in [0.1, 0.15) is 16.4 Å². The summed E-state index contributed by atoms with van der Waals surface area (Å²) >= 11 is 0. The van der Waals surface area contributed by atoms with Crippen LogP contribution in [0.25, 0.3) is 0 Å². The van der Waals surface area contributed by atoms with Crippen molar-refractivity contribution in [2.75, 3.05) is 26.0 Å². The van der Waals surface area contributed by atoms with Crippen LogP contribution in [0.5, 0.6) is 5.88 Å². The zero-order chi connectivity index (χ0) is 44.1. The Balaban J connectivity index is 0.925. The number of aliphatic hydroxyl groups is 1. The van der Waals surface area contributed by atoms with Crippen LogP contribution in [0, 0.1) is 68.0 Å². The van der Waals surface area contributed by atoms with Gasteiger partial charge in [-0.3, -0.25) is 0 Å². The molecule has 8 aliphatic carbocycles. The molecule has 6 saturated carbocycles. The fourth-order valence-electron chi connectivity index (χ4n) is 17.5. The molecule has 3 unspecified atom stereocenters. The minimum absolute atomic E-state index is 0.0627. The summed E-state index contributed by atoms with van der Waals surface area (Å²) in [6, 6.07) is 5.72. The third-order valence-corrected chi connectivity index (χ3v) is 22.8. The molecule has 0 amide bonds. The van der Waals surface area contributed by atoms with Crippen LogP contribution in [0.2, 0.25) is 0 Å². The number of aromatic nitrogens is 1. The number of nitrogens with zero attached hydrogens (tertiary/aromatic N) is 1. The van der Waals surface area contributed by atoms with Crippen molar-refractivity contribution in [1.29, 1.82) is 0 Å². The largest absolute Gasteiger partial charge is 0.477 e. The molecule has 0 aromatic carbocycles. The molecular formula is C54H82N2O5S. The first kappa shape index (κ1) is 45.2. The highest BCUT2D eigenvalue weighted by atomic mass is 32.2. The quantitative estimate of drug-likeness (QED) is 0.150. The van der Waals surface area contributed by atoms with E-state index in [0.717, 1.165) is 51.5 Å². The van der Waals surface area contributed by atoms with Crippen LogP contribution in [0.1, 0.15) is 158 Å². The minimum Gasteiger partial charge on any atom is -0.477 e. The number of fused-ring (bicyclic) bond motifs is 8. The summed E-state index contributed by atoms with van der Waals surface area (Å²) in [4.78, 5) is 4.39. The maximum absolute atomic E-state index is 12.4. The number of rotatable bonds is 13. The lowest BCUT2D eigenvalue weighted by molar-refractivity contribution is -0.221. The second-order valence-electron chi connectivity index (χ2n) is 24.1. The number of ether oxygens (including phenoxy) is 2. The Morgan fingerprint density at radius 3 is 2.44 bits per heavy atom. The smallest absolute Gasteiger partial charge is 0.213 e. The molecule has 0 saturated heterocycles. The van der Waals surface area contributed by atoms with Crippen LogP contribution < -0.4 is 10.1 Å². The van der Waals surface area contributed by atoms with Gasteiger partial charge >= 0.3 is 0 Å². The molecule has 1 heterocycles. The third kappa shape index (κ3) is 7.09. The van der Waals surface area contributed by atoms with Gasteiger partial charge in [-0.25, -0.2) is 13.4 Å². The number of pyridine rings is 1. The van der Waals surface area contributed by atoms with Crippen LogP contribution in [0.3, 0.4) is 0 Å². The fraction of sp³-hybridized carbons (Fsp3) is 0.796. The normalized spacial score (nSPS) is 44.9. The Hall–Kier alpha value is -2.00. The second kappa shape index (κ2) is 15.8. The van der Waals surface area contributed by atoms with Gasteiger partial charge in [0.2, 0.25) is 5.88 Å². The van der Waals surface area contributed by atoms with E-state index in [1.54, 1.807) is 11.8 Å². The number of nitrogens with one attached hydrogen (secondary N) is 1. The number of allylic oxidation sites excluding steroid dienone is 5. The molecule has 14 atom stereocenters. The first-order chi connectivity index (χ1) is 29.3. The van der Waals surface area contributed by atoms with Gasteiger partial charge in [-0.2, -0.15) is 0 Å². The molecule has 7 nitrogen and oxygen atoms in total. The summed E-state index contributed by atoms with van der Waals surface area (Å²) in [5.74, 6) is 4.46. The lowest BCUT2D eigenvalue weighted by Crippen LogP contribution is -2.68. The summed E-state index contributed by atoms with van der Waals surface area (Å²) < 4.78 is 36.9. The number of aliphatic hydroxyl groups excluding tert-OH is 1. The van der Waals surface area contributed by atoms with Crippen molar-refractivity contribution in [2.45, 2.75) is 175 Å². The monoisotopic (exact) mass is 871 g/mol. The predicted octanol–water partition coefficient (Wildman–Crippen LogP) is 11.4. The van der Waals surface area contributed by atoms with E-state index in [4.69, 9.17) is 9.47 Å². The Kier molecular flexibility index (Phi) is 11.5. The van der Waals surface area contributed by atoms with Crippen molar-refractivity contribution >= 4 is 9.84 Å². The van der Waals surface area contributed by atoms with Crippen molar-refractivity contribution < 1.29 is 23.0 Å². The SMILES string of the molecule is C=C(C)[C@@H]1CC[C@]2(NCC[C@]34CC[C@@H](S(C)(=O)=O)CC3C4)CC[C@]3(C)[C@H](CC[C@@H]4[C@@]5(C)CC=C(C6=CCC(COc7ccccn7)(C(O)OCC)CC6)C(C)(C)[C@@H]5CC[C@]43C)[C@@H]12. The van der Waals surface area contributed by atoms with Crippen molar-refractivity contribution in [1.82, 2.24) is 10.3 Å². The summed E-state index contributed by atoms with van der Waals surface area (Å²) in [7, 11) is -2.94. The van der Waals surface area contributed by atoms with Gasteiger partial charge in [0.15, 0.2) is 6.29 Å². The first-order valence-electron chi connectivity index (χ1n) is 25.1. The predicted molar refractivity (Wildman–Crippen MR) is 250 cm³/mol. The molecule has 0 spiro atoms. The van der Waals surface area contributed by atoms with E-state index >= 15 is 0 Å². The van der Waals surface area contributed by atoms with E-state index in [-0.39, 0.29) is 21.6 Å². The Morgan fingerprint density at radius 2 is 1.76 bits per heavy atom. The molecule has 8 aliphatic rings. The standard InChI is InChI=1S/C54H82N2O5S/c1-10-60-47(57)53(35-61-45-13-11-12-31-55-45)24-16-37(17-25-53)41-20-22-49(6)43(48(41,4)5)21-23-51(8)44(49)15-14-42-46-40(36(2)3)19-27-54(46,29-28-50(42,51)7)56-32-30-52-26-18-39(62(9,58)59)33-38(52)34-52/h11-13,16,20,31,38-40,42-44,46-47,56-57H,2,10,14-15,17-19,21-30,32-35H2,1,3-9H3/t38?,39-,40+,42-,43+,44-,46-,47?,49+,50-,51-,52+,53?,54+/m1/s1. The molecule has 0 aliphatic heterocycles. The Bertz CT molecular complexity index is 2050. The van der Waals surface area contributed by atoms with Gasteiger partial charge < -0.3 is 19.9 Å².